The van der Waals surface area contributed by atoms with Crippen molar-refractivity contribution in [3.8, 4) is 0 Å². The van der Waals surface area contributed by atoms with Gasteiger partial charge in [0.15, 0.2) is 0 Å². The van der Waals surface area contributed by atoms with Crippen molar-refractivity contribution in [2.45, 2.75) is 33.2 Å². The lowest BCUT2D eigenvalue weighted by Gasteiger charge is -2.36. The van der Waals surface area contributed by atoms with Gasteiger partial charge in [-0.25, -0.2) is 4.39 Å². The number of aryl methyl sites for hydroxylation is 1. The van der Waals surface area contributed by atoms with Crippen LogP contribution in [0.4, 0.5) is 4.39 Å². The molecule has 1 saturated heterocycles. The first kappa shape index (κ1) is 14.5. The van der Waals surface area contributed by atoms with Gasteiger partial charge in [0.2, 0.25) is 0 Å². The van der Waals surface area contributed by atoms with Crippen molar-refractivity contribution < 1.29 is 4.39 Å². The summed E-state index contributed by atoms with van der Waals surface area (Å²) < 4.78 is 13.8. The molecule has 1 aromatic rings. The third-order valence-electron chi connectivity index (χ3n) is 3.87. The summed E-state index contributed by atoms with van der Waals surface area (Å²) in [6.07, 6.45) is 1.09. The lowest BCUT2D eigenvalue weighted by Crippen LogP contribution is -2.45. The van der Waals surface area contributed by atoms with Crippen LogP contribution in [0.15, 0.2) is 18.2 Å². The predicted octanol–water partition coefficient (Wildman–Crippen LogP) is 3.13. The van der Waals surface area contributed by atoms with Crippen molar-refractivity contribution in [3.63, 3.8) is 0 Å². The van der Waals surface area contributed by atoms with Crippen LogP contribution in [-0.2, 0) is 0 Å². The van der Waals surface area contributed by atoms with Gasteiger partial charge in [-0.3, -0.25) is 4.90 Å². The highest BCUT2D eigenvalue weighted by Gasteiger charge is 2.23. The molecule has 1 aromatic carbocycles. The number of piperazine rings is 1. The number of nitrogens with one attached hydrogen (secondary N) is 1. The average Bonchev–Trinajstić information content (AvgIpc) is 2.40. The van der Waals surface area contributed by atoms with Crippen molar-refractivity contribution in [3.05, 3.63) is 35.1 Å². The number of hydrogen-bond acceptors (Lipinski definition) is 2. The molecule has 2 nitrogen and oxygen atoms in total. The quantitative estimate of drug-likeness (QED) is 0.899. The predicted molar refractivity (Wildman–Crippen MR) is 77.8 cm³/mol. The van der Waals surface area contributed by atoms with Crippen LogP contribution in [0.1, 0.15) is 37.4 Å². The van der Waals surface area contributed by atoms with E-state index < -0.39 is 0 Å². The molecule has 0 unspecified atom stereocenters. The lowest BCUT2D eigenvalue weighted by molar-refractivity contribution is 0.154. The van der Waals surface area contributed by atoms with Crippen molar-refractivity contribution in [1.29, 1.82) is 0 Å². The molecule has 0 amide bonds. The van der Waals surface area contributed by atoms with Gasteiger partial charge in [-0.15, -0.1) is 0 Å². The minimum Gasteiger partial charge on any atom is -0.314 e. The fourth-order valence-corrected chi connectivity index (χ4v) is 2.75. The van der Waals surface area contributed by atoms with Gasteiger partial charge in [0, 0.05) is 32.2 Å². The molecule has 0 saturated carbocycles. The van der Waals surface area contributed by atoms with E-state index in [0.29, 0.717) is 12.0 Å². The summed E-state index contributed by atoms with van der Waals surface area (Å²) in [5.41, 5.74) is 1.85. The average molecular weight is 264 g/mol. The summed E-state index contributed by atoms with van der Waals surface area (Å²) in [5.74, 6) is 0.533. The maximum absolute atomic E-state index is 13.8. The zero-order chi connectivity index (χ0) is 13.8. The first-order valence-electron chi connectivity index (χ1n) is 7.28. The van der Waals surface area contributed by atoms with Gasteiger partial charge in [0.05, 0.1) is 0 Å². The summed E-state index contributed by atoms with van der Waals surface area (Å²) >= 11 is 0. The highest BCUT2D eigenvalue weighted by atomic mass is 19.1. The van der Waals surface area contributed by atoms with Crippen LogP contribution >= 0.6 is 0 Å². The van der Waals surface area contributed by atoms with Crippen LogP contribution in [0.5, 0.6) is 0 Å². The number of hydrogen-bond donors (Lipinski definition) is 1. The zero-order valence-corrected chi connectivity index (χ0v) is 12.2. The Bertz CT molecular complexity index is 411. The summed E-state index contributed by atoms with van der Waals surface area (Å²) in [4.78, 5) is 2.49. The van der Waals surface area contributed by atoms with Crippen LogP contribution < -0.4 is 5.32 Å². The third kappa shape index (κ3) is 3.77. The fraction of sp³-hybridized carbons (Fsp3) is 0.625. The van der Waals surface area contributed by atoms with Crippen molar-refractivity contribution in [1.82, 2.24) is 10.2 Å². The minimum atomic E-state index is -0.0820. The summed E-state index contributed by atoms with van der Waals surface area (Å²) in [6.45, 7) is 10.5. The second kappa shape index (κ2) is 6.49. The molecule has 0 spiro atoms. The molecule has 19 heavy (non-hydrogen) atoms. The Morgan fingerprint density at radius 3 is 2.53 bits per heavy atom. The molecule has 0 radical (unpaired) electrons. The zero-order valence-electron chi connectivity index (χ0n) is 12.2. The molecule has 0 aromatic heterocycles. The van der Waals surface area contributed by atoms with Gasteiger partial charge in [-0.2, -0.15) is 0 Å². The Kier molecular flexibility index (Phi) is 4.94. The number of benzene rings is 1. The third-order valence-corrected chi connectivity index (χ3v) is 3.87. The molecular weight excluding hydrogens is 239 g/mol. The normalized spacial score (nSPS) is 18.8. The molecule has 1 fully saturated rings. The van der Waals surface area contributed by atoms with Crippen LogP contribution in [0.2, 0.25) is 0 Å². The molecule has 0 bridgehead atoms. The van der Waals surface area contributed by atoms with Gasteiger partial charge in [-0.1, -0.05) is 26.0 Å². The SMILES string of the molecule is Cc1ccc([C@@H](CC(C)C)N2CCNCC2)cc1F. The molecule has 3 heteroatoms. The Labute approximate surface area is 116 Å². The standard InChI is InChI=1S/C16H25FN2/c1-12(2)10-16(19-8-6-18-7-9-19)14-5-4-13(3)15(17)11-14/h4-5,11-12,16,18H,6-10H2,1-3H3/t16-/m1/s1. The van der Waals surface area contributed by atoms with E-state index in [1.54, 1.807) is 6.07 Å². The number of rotatable bonds is 4. The maximum atomic E-state index is 13.8. The molecule has 106 valence electrons. The highest BCUT2D eigenvalue weighted by Crippen LogP contribution is 2.29. The molecule has 2 rings (SSSR count). The van der Waals surface area contributed by atoms with Crippen molar-refractivity contribution >= 4 is 0 Å². The van der Waals surface area contributed by atoms with Crippen LogP contribution in [-0.4, -0.2) is 31.1 Å². The summed E-state index contributed by atoms with van der Waals surface area (Å²) in [6, 6.07) is 6.06. The highest BCUT2D eigenvalue weighted by molar-refractivity contribution is 5.26. The van der Waals surface area contributed by atoms with E-state index in [1.165, 1.54) is 0 Å². The second-order valence-electron chi connectivity index (χ2n) is 5.94. The summed E-state index contributed by atoms with van der Waals surface area (Å²) in [7, 11) is 0. The van der Waals surface area contributed by atoms with Gasteiger partial charge < -0.3 is 5.32 Å². The van der Waals surface area contributed by atoms with Crippen LogP contribution in [0.3, 0.4) is 0 Å². The van der Waals surface area contributed by atoms with E-state index in [4.69, 9.17) is 0 Å². The minimum absolute atomic E-state index is 0.0820. The van der Waals surface area contributed by atoms with Gasteiger partial charge in [-0.05, 0) is 36.5 Å². The van der Waals surface area contributed by atoms with E-state index in [-0.39, 0.29) is 5.82 Å². The lowest BCUT2D eigenvalue weighted by atomic mass is 9.94. The van der Waals surface area contributed by atoms with Crippen molar-refractivity contribution in [2.24, 2.45) is 5.92 Å². The molecule has 0 aliphatic carbocycles. The maximum Gasteiger partial charge on any atom is 0.126 e. The largest absolute Gasteiger partial charge is 0.314 e. The summed E-state index contributed by atoms with van der Waals surface area (Å²) in [5, 5.41) is 3.38. The van der Waals surface area contributed by atoms with E-state index in [0.717, 1.165) is 43.7 Å². The van der Waals surface area contributed by atoms with E-state index >= 15 is 0 Å². The van der Waals surface area contributed by atoms with Crippen LogP contribution in [0, 0.1) is 18.7 Å². The fourth-order valence-electron chi connectivity index (χ4n) is 2.75. The molecule has 1 atom stereocenters. The van der Waals surface area contributed by atoms with Gasteiger partial charge in [0.25, 0.3) is 0 Å². The Balaban J connectivity index is 2.22. The number of nitrogens with zero attached hydrogens (tertiary/aromatic N) is 1. The Morgan fingerprint density at radius 2 is 1.95 bits per heavy atom. The molecular formula is C16H25FN2. The van der Waals surface area contributed by atoms with E-state index in [2.05, 4.69) is 30.1 Å². The van der Waals surface area contributed by atoms with Crippen molar-refractivity contribution in [2.75, 3.05) is 26.2 Å². The topological polar surface area (TPSA) is 15.3 Å². The molecule has 1 heterocycles. The Hall–Kier alpha value is -0.930. The van der Waals surface area contributed by atoms with Gasteiger partial charge in [0.1, 0.15) is 5.82 Å². The second-order valence-corrected chi connectivity index (χ2v) is 5.94. The molecule has 1 aliphatic heterocycles. The van der Waals surface area contributed by atoms with Gasteiger partial charge >= 0.3 is 0 Å². The monoisotopic (exact) mass is 264 g/mol. The Morgan fingerprint density at radius 1 is 1.26 bits per heavy atom. The van der Waals surface area contributed by atoms with E-state index in [9.17, 15) is 4.39 Å². The number of halogens is 1. The molecule has 1 N–H and O–H groups in total. The molecule has 1 aliphatic rings. The first-order chi connectivity index (χ1) is 9.08. The smallest absolute Gasteiger partial charge is 0.126 e. The van der Waals surface area contributed by atoms with E-state index in [1.807, 2.05) is 13.0 Å². The van der Waals surface area contributed by atoms with Crippen LogP contribution in [0.25, 0.3) is 0 Å². The first-order valence-corrected chi connectivity index (χ1v) is 7.28.